The van der Waals surface area contributed by atoms with Gasteiger partial charge in [0.1, 0.15) is 5.75 Å². The fraction of sp³-hybridized carbons (Fsp3) is 0.231. The van der Waals surface area contributed by atoms with E-state index >= 15 is 0 Å². The molecule has 0 unspecified atom stereocenters. The number of halogens is 1. The van der Waals surface area contributed by atoms with Gasteiger partial charge < -0.3 is 15.4 Å². The van der Waals surface area contributed by atoms with Crippen LogP contribution >= 0.6 is 11.6 Å². The first-order valence-electron chi connectivity index (χ1n) is 11.0. The topological polar surface area (TPSA) is 70.7 Å². The lowest BCUT2D eigenvalue weighted by Gasteiger charge is -2.50. The number of rotatable bonds is 4. The lowest BCUT2D eigenvalue weighted by molar-refractivity contribution is 0.0378. The van der Waals surface area contributed by atoms with Crippen molar-refractivity contribution in [3.8, 4) is 5.75 Å². The molecule has 168 valence electrons. The molecule has 2 bridgehead atoms. The van der Waals surface area contributed by atoms with Crippen molar-refractivity contribution in [2.45, 2.75) is 38.5 Å². The van der Waals surface area contributed by atoms with Gasteiger partial charge >= 0.3 is 6.03 Å². The van der Waals surface area contributed by atoms with Gasteiger partial charge in [-0.1, -0.05) is 36.7 Å². The summed E-state index contributed by atoms with van der Waals surface area (Å²) in [5, 5.41) is 6.60. The Morgan fingerprint density at radius 3 is 2.82 bits per heavy atom. The number of aryl methyl sites for hydroxylation is 1. The maximum absolute atomic E-state index is 13.2. The van der Waals surface area contributed by atoms with E-state index < -0.39 is 5.72 Å². The van der Waals surface area contributed by atoms with Gasteiger partial charge in [0, 0.05) is 28.3 Å². The molecular formula is C26H24ClN3O3. The smallest absolute Gasteiger partial charge is 0.325 e. The van der Waals surface area contributed by atoms with Gasteiger partial charge in [-0.3, -0.25) is 9.69 Å². The first-order chi connectivity index (χ1) is 15.9. The van der Waals surface area contributed by atoms with E-state index in [1.54, 1.807) is 35.2 Å². The van der Waals surface area contributed by atoms with E-state index in [0.717, 1.165) is 23.2 Å². The molecule has 0 saturated carbocycles. The van der Waals surface area contributed by atoms with Gasteiger partial charge in [-0.15, -0.1) is 0 Å². The Hall–Kier alpha value is -3.51. The summed E-state index contributed by atoms with van der Waals surface area (Å²) in [5.41, 5.74) is 2.89. The van der Waals surface area contributed by atoms with Crippen molar-refractivity contribution in [1.82, 2.24) is 5.32 Å². The van der Waals surface area contributed by atoms with Gasteiger partial charge in [0.05, 0.1) is 11.7 Å². The first kappa shape index (κ1) is 21.3. The lowest BCUT2D eigenvalue weighted by atomic mass is 9.90. The molecule has 2 atom stereocenters. The number of nitrogens with one attached hydrogen (secondary N) is 2. The van der Waals surface area contributed by atoms with E-state index in [0.29, 0.717) is 28.4 Å². The Labute approximate surface area is 197 Å². The van der Waals surface area contributed by atoms with Gasteiger partial charge in [0.25, 0.3) is 5.91 Å². The Balaban J connectivity index is 1.44. The zero-order chi connectivity index (χ0) is 23.2. The highest BCUT2D eigenvalue weighted by Crippen LogP contribution is 2.46. The largest absolute Gasteiger partial charge is 0.467 e. The molecule has 1 fully saturated rings. The highest BCUT2D eigenvalue weighted by Gasteiger charge is 2.49. The summed E-state index contributed by atoms with van der Waals surface area (Å²) < 4.78 is 6.31. The number of ether oxygens (including phenoxy) is 1. The summed E-state index contributed by atoms with van der Waals surface area (Å²) >= 11 is 6.15. The zero-order valence-electron chi connectivity index (χ0n) is 18.4. The van der Waals surface area contributed by atoms with E-state index in [2.05, 4.69) is 17.6 Å². The quantitative estimate of drug-likeness (QED) is 0.506. The molecule has 7 heteroatoms. The zero-order valence-corrected chi connectivity index (χ0v) is 19.1. The first-order valence-corrected chi connectivity index (χ1v) is 11.3. The van der Waals surface area contributed by atoms with Gasteiger partial charge in [-0.25, -0.2) is 4.79 Å². The number of amides is 3. The molecule has 2 N–H and O–H groups in total. The van der Waals surface area contributed by atoms with Crippen LogP contribution in [0.5, 0.6) is 5.75 Å². The number of nitrogens with zero attached hydrogens (tertiary/aromatic N) is 1. The molecule has 2 heterocycles. The van der Waals surface area contributed by atoms with Crippen LogP contribution in [0.25, 0.3) is 0 Å². The molecule has 33 heavy (non-hydrogen) atoms. The average Bonchev–Trinajstić information content (AvgIpc) is 2.79. The Kier molecular flexibility index (Phi) is 5.25. The maximum Gasteiger partial charge on any atom is 0.325 e. The van der Waals surface area contributed by atoms with Crippen LogP contribution < -0.4 is 20.3 Å². The van der Waals surface area contributed by atoms with Crippen LogP contribution in [0.3, 0.4) is 0 Å². The minimum Gasteiger partial charge on any atom is -0.467 e. The number of anilines is 2. The van der Waals surface area contributed by atoms with Crippen LogP contribution in [0.1, 0.15) is 47.8 Å². The standard InChI is InChI=1S/C26H24ClN3O3/c1-3-16-6-4-8-19(12-16)28-24(31)17-7-5-9-20(13-17)30-25(32)29-22-15-26(30,2)33-23-11-10-18(27)14-21(22)23/h4-14,22H,3,15H2,1-2H3,(H,28,31)(H,29,32)/t22-,26+/m0/s1. The molecule has 3 amide bonds. The summed E-state index contributed by atoms with van der Waals surface area (Å²) in [6.45, 7) is 3.96. The predicted molar refractivity (Wildman–Crippen MR) is 129 cm³/mol. The van der Waals surface area contributed by atoms with Crippen molar-refractivity contribution in [2.24, 2.45) is 0 Å². The Morgan fingerprint density at radius 1 is 1.18 bits per heavy atom. The average molecular weight is 462 g/mol. The van der Waals surface area contributed by atoms with E-state index in [1.807, 2.05) is 43.3 Å². The molecule has 0 radical (unpaired) electrons. The molecule has 3 aromatic rings. The van der Waals surface area contributed by atoms with Crippen LogP contribution in [-0.2, 0) is 6.42 Å². The van der Waals surface area contributed by atoms with Crippen molar-refractivity contribution in [1.29, 1.82) is 0 Å². The minimum atomic E-state index is -0.904. The van der Waals surface area contributed by atoms with Crippen molar-refractivity contribution in [3.05, 3.63) is 88.4 Å². The SMILES string of the molecule is CCc1cccc(NC(=O)c2cccc(N3C(=O)N[C@H]4C[C@@]3(C)Oc3ccc(Cl)cc34)c2)c1. The Morgan fingerprint density at radius 2 is 2.00 bits per heavy atom. The van der Waals surface area contributed by atoms with E-state index in [4.69, 9.17) is 16.3 Å². The molecule has 3 aromatic carbocycles. The number of fused-ring (bicyclic) bond motifs is 4. The fourth-order valence-electron chi connectivity index (χ4n) is 4.59. The summed E-state index contributed by atoms with van der Waals surface area (Å²) in [5.74, 6) is 0.447. The fourth-order valence-corrected chi connectivity index (χ4v) is 4.78. The summed E-state index contributed by atoms with van der Waals surface area (Å²) in [4.78, 5) is 27.7. The number of urea groups is 1. The second-order valence-corrected chi connectivity index (χ2v) is 9.00. The van der Waals surface area contributed by atoms with Crippen LogP contribution in [0.2, 0.25) is 5.02 Å². The molecular weight excluding hydrogens is 438 g/mol. The van der Waals surface area contributed by atoms with Crippen LogP contribution in [-0.4, -0.2) is 17.7 Å². The van der Waals surface area contributed by atoms with Gasteiger partial charge in [0.15, 0.2) is 5.72 Å². The third kappa shape index (κ3) is 3.91. The van der Waals surface area contributed by atoms with Crippen molar-refractivity contribution >= 4 is 34.9 Å². The molecule has 0 aromatic heterocycles. The second kappa shape index (κ2) is 8.12. The number of benzene rings is 3. The van der Waals surface area contributed by atoms with Crippen molar-refractivity contribution in [2.75, 3.05) is 10.2 Å². The van der Waals surface area contributed by atoms with Gasteiger partial charge in [-0.2, -0.15) is 0 Å². The van der Waals surface area contributed by atoms with Crippen molar-refractivity contribution in [3.63, 3.8) is 0 Å². The number of hydrogen-bond donors (Lipinski definition) is 2. The van der Waals surface area contributed by atoms with Crippen molar-refractivity contribution < 1.29 is 14.3 Å². The highest BCUT2D eigenvalue weighted by molar-refractivity contribution is 6.30. The van der Waals surface area contributed by atoms with Gasteiger partial charge in [0.2, 0.25) is 0 Å². The third-order valence-electron chi connectivity index (χ3n) is 6.19. The van der Waals surface area contributed by atoms with E-state index in [-0.39, 0.29) is 18.0 Å². The monoisotopic (exact) mass is 461 g/mol. The normalized spacial score (nSPS) is 21.0. The molecule has 1 saturated heterocycles. The maximum atomic E-state index is 13.2. The predicted octanol–water partition coefficient (Wildman–Crippen LogP) is 5.92. The Bertz CT molecular complexity index is 1260. The lowest BCUT2D eigenvalue weighted by Crippen LogP contribution is -2.65. The van der Waals surface area contributed by atoms with Crippen LogP contribution in [0, 0.1) is 0 Å². The van der Waals surface area contributed by atoms with Crippen LogP contribution in [0.4, 0.5) is 16.2 Å². The molecule has 0 spiro atoms. The number of carbonyl (C=O) groups is 2. The summed E-state index contributed by atoms with van der Waals surface area (Å²) in [7, 11) is 0. The van der Waals surface area contributed by atoms with Crippen LogP contribution in [0.15, 0.2) is 66.7 Å². The third-order valence-corrected chi connectivity index (χ3v) is 6.43. The molecule has 0 aliphatic carbocycles. The van der Waals surface area contributed by atoms with Gasteiger partial charge in [-0.05, 0) is 67.4 Å². The van der Waals surface area contributed by atoms with E-state index in [1.165, 1.54) is 0 Å². The molecule has 2 aliphatic heterocycles. The molecule has 6 nitrogen and oxygen atoms in total. The molecule has 5 rings (SSSR count). The summed E-state index contributed by atoms with van der Waals surface area (Å²) in [6.07, 6.45) is 1.44. The number of carbonyl (C=O) groups excluding carboxylic acids is 2. The molecule has 2 aliphatic rings. The highest BCUT2D eigenvalue weighted by atomic mass is 35.5. The minimum absolute atomic E-state index is 0.196. The second-order valence-electron chi connectivity index (χ2n) is 8.56. The number of hydrogen-bond acceptors (Lipinski definition) is 3. The summed E-state index contributed by atoms with van der Waals surface area (Å²) in [6, 6.07) is 19.7. The van der Waals surface area contributed by atoms with E-state index in [9.17, 15) is 9.59 Å².